The number of thiophene rings is 1. The summed E-state index contributed by atoms with van der Waals surface area (Å²) in [5, 5.41) is 3.03. The molecule has 1 aromatic heterocycles. The maximum atomic E-state index is 11.2. The average Bonchev–Trinajstić information content (AvgIpc) is 2.88. The van der Waals surface area contributed by atoms with E-state index in [9.17, 15) is 4.57 Å². The van der Waals surface area contributed by atoms with Gasteiger partial charge in [0, 0.05) is 10.2 Å². The van der Waals surface area contributed by atoms with Crippen molar-refractivity contribution in [3.63, 3.8) is 0 Å². The highest BCUT2D eigenvalue weighted by Crippen LogP contribution is 2.24. The third kappa shape index (κ3) is 3.75. The molecule has 0 spiro atoms. The fourth-order valence-electron chi connectivity index (χ4n) is 2.14. The van der Waals surface area contributed by atoms with Gasteiger partial charge < -0.3 is 0 Å². The molecule has 0 aliphatic heterocycles. The van der Waals surface area contributed by atoms with Crippen LogP contribution in [0.2, 0.25) is 0 Å². The molecule has 0 atom stereocenters. The second kappa shape index (κ2) is 5.98. The molecule has 2 aromatic rings. The van der Waals surface area contributed by atoms with Crippen LogP contribution < -0.4 is 5.30 Å². The molecule has 0 radical (unpaired) electrons. The highest BCUT2D eigenvalue weighted by molar-refractivity contribution is 7.34. The Morgan fingerprint density at radius 3 is 2.53 bits per heavy atom. The molecule has 0 N–H and O–H groups in total. The van der Waals surface area contributed by atoms with Crippen LogP contribution in [-0.2, 0) is 22.8 Å². The van der Waals surface area contributed by atoms with Gasteiger partial charge >= 0.3 is 0 Å². The average molecular weight is 290 g/mol. The summed E-state index contributed by atoms with van der Waals surface area (Å²) in [5.41, 5.74) is 2.55. The molecule has 0 saturated heterocycles. The molecule has 0 fully saturated rings. The normalized spacial score (nSPS) is 11.9. The van der Waals surface area contributed by atoms with E-state index >= 15 is 0 Å². The van der Waals surface area contributed by atoms with Gasteiger partial charge in [-0.25, -0.2) is 0 Å². The Hall–Kier alpha value is -0.980. The Bertz CT molecular complexity index is 553. The second-order valence-electron chi connectivity index (χ2n) is 5.77. The van der Waals surface area contributed by atoms with E-state index in [1.165, 1.54) is 16.0 Å². The highest BCUT2D eigenvalue weighted by atomic mass is 32.1. The van der Waals surface area contributed by atoms with Crippen LogP contribution in [0.15, 0.2) is 35.7 Å². The molecule has 3 heteroatoms. The van der Waals surface area contributed by atoms with E-state index in [-0.39, 0.29) is 13.9 Å². The topological polar surface area (TPSA) is 17.1 Å². The van der Waals surface area contributed by atoms with Crippen LogP contribution in [0, 0.1) is 0 Å². The minimum atomic E-state index is 0.0334. The van der Waals surface area contributed by atoms with Gasteiger partial charge in [0.25, 0.3) is 0 Å². The van der Waals surface area contributed by atoms with Gasteiger partial charge in [0.15, 0.2) is 8.46 Å². The van der Waals surface area contributed by atoms with E-state index in [0.29, 0.717) is 0 Å². The van der Waals surface area contributed by atoms with Crippen LogP contribution in [-0.4, -0.2) is 0 Å². The maximum absolute atomic E-state index is 11.2. The maximum Gasteiger partial charge on any atom is 0.192 e. The number of hydrogen-bond donors (Lipinski definition) is 0. The van der Waals surface area contributed by atoms with Crippen molar-refractivity contribution in [1.82, 2.24) is 0 Å². The van der Waals surface area contributed by atoms with E-state index in [4.69, 9.17) is 0 Å². The Kier molecular flexibility index (Phi) is 4.54. The van der Waals surface area contributed by atoms with Crippen LogP contribution in [0.5, 0.6) is 0 Å². The quantitative estimate of drug-likeness (QED) is 0.743. The van der Waals surface area contributed by atoms with Gasteiger partial charge in [-0.05, 0) is 46.9 Å². The van der Waals surface area contributed by atoms with E-state index in [1.54, 1.807) is 0 Å². The SMILES string of the molecule is CC(C)(C)c1cc(CCc2cccs2)ccc1P=O. The van der Waals surface area contributed by atoms with Gasteiger partial charge in [-0.3, -0.25) is 4.57 Å². The standard InChI is InChI=1S/C16H19OPS/c1-16(2,3)14-11-12(7-9-15(14)18-17)6-8-13-5-4-10-19-13/h4-5,7,9-11H,6,8H2,1-3H3. The van der Waals surface area contributed by atoms with Crippen molar-refractivity contribution in [2.75, 3.05) is 0 Å². The first-order chi connectivity index (χ1) is 9.00. The lowest BCUT2D eigenvalue weighted by Gasteiger charge is -2.21. The van der Waals surface area contributed by atoms with Crippen molar-refractivity contribution in [2.45, 2.75) is 39.0 Å². The fraction of sp³-hybridized carbons (Fsp3) is 0.375. The zero-order valence-electron chi connectivity index (χ0n) is 11.6. The Balaban J connectivity index is 2.20. The molecule has 0 unspecified atom stereocenters. The summed E-state index contributed by atoms with van der Waals surface area (Å²) in [6.07, 6.45) is 2.12. The summed E-state index contributed by atoms with van der Waals surface area (Å²) in [6.45, 7) is 6.50. The molecule has 0 aliphatic rings. The minimum Gasteiger partial charge on any atom is -0.269 e. The molecule has 0 aliphatic carbocycles. The smallest absolute Gasteiger partial charge is 0.192 e. The molecular weight excluding hydrogens is 271 g/mol. The van der Waals surface area contributed by atoms with Crippen LogP contribution >= 0.6 is 19.8 Å². The molecule has 1 aromatic carbocycles. The summed E-state index contributed by atoms with van der Waals surface area (Å²) in [4.78, 5) is 1.42. The first-order valence-electron chi connectivity index (χ1n) is 6.50. The summed E-state index contributed by atoms with van der Waals surface area (Å²) < 4.78 is 11.2. The van der Waals surface area contributed by atoms with Crippen molar-refractivity contribution in [3.8, 4) is 0 Å². The third-order valence-electron chi connectivity index (χ3n) is 3.21. The van der Waals surface area contributed by atoms with Crippen LogP contribution in [0.4, 0.5) is 0 Å². The van der Waals surface area contributed by atoms with Crippen LogP contribution in [0.25, 0.3) is 0 Å². The number of aryl methyl sites for hydroxylation is 2. The molecular formula is C16H19OPS. The lowest BCUT2D eigenvalue weighted by atomic mass is 9.85. The molecule has 0 amide bonds. The fourth-order valence-corrected chi connectivity index (χ4v) is 3.48. The predicted molar refractivity (Wildman–Crippen MR) is 84.1 cm³/mol. The summed E-state index contributed by atoms with van der Waals surface area (Å²) >= 11 is 1.81. The third-order valence-corrected chi connectivity index (χ3v) is 4.73. The predicted octanol–water partition coefficient (Wildman–Crippen LogP) is 4.75. The Labute approximate surface area is 120 Å². The minimum absolute atomic E-state index is 0.0334. The molecule has 2 rings (SSSR count). The van der Waals surface area contributed by atoms with Gasteiger partial charge in [-0.2, -0.15) is 0 Å². The van der Waals surface area contributed by atoms with E-state index in [0.717, 1.165) is 18.1 Å². The lowest BCUT2D eigenvalue weighted by molar-refractivity contribution is 0.588. The molecule has 0 saturated carbocycles. The molecule has 1 heterocycles. The summed E-state index contributed by atoms with van der Waals surface area (Å²) in [7, 11) is 0.115. The van der Waals surface area contributed by atoms with Crippen LogP contribution in [0.1, 0.15) is 36.8 Å². The zero-order chi connectivity index (χ0) is 13.9. The van der Waals surface area contributed by atoms with Crippen molar-refractivity contribution in [2.24, 2.45) is 0 Å². The van der Waals surface area contributed by atoms with Gasteiger partial charge in [0.05, 0.1) is 0 Å². The number of benzene rings is 1. The monoisotopic (exact) mass is 290 g/mol. The largest absolute Gasteiger partial charge is 0.269 e. The van der Waals surface area contributed by atoms with Crippen molar-refractivity contribution in [1.29, 1.82) is 0 Å². The molecule has 1 nitrogen and oxygen atoms in total. The van der Waals surface area contributed by atoms with Crippen molar-refractivity contribution in [3.05, 3.63) is 51.7 Å². The van der Waals surface area contributed by atoms with Gasteiger partial charge in [0.1, 0.15) is 0 Å². The second-order valence-corrected chi connectivity index (χ2v) is 7.47. The Morgan fingerprint density at radius 2 is 1.95 bits per heavy atom. The molecule has 19 heavy (non-hydrogen) atoms. The van der Waals surface area contributed by atoms with E-state index < -0.39 is 0 Å². The van der Waals surface area contributed by atoms with E-state index in [1.807, 2.05) is 17.4 Å². The lowest BCUT2D eigenvalue weighted by Crippen LogP contribution is -2.19. The summed E-state index contributed by atoms with van der Waals surface area (Å²) in [5.74, 6) is 0. The molecule has 100 valence electrons. The van der Waals surface area contributed by atoms with Gasteiger partial charge in [-0.15, -0.1) is 11.3 Å². The number of hydrogen-bond acceptors (Lipinski definition) is 2. The van der Waals surface area contributed by atoms with E-state index in [2.05, 4.69) is 50.4 Å². The van der Waals surface area contributed by atoms with Crippen molar-refractivity contribution < 1.29 is 4.57 Å². The van der Waals surface area contributed by atoms with Crippen LogP contribution in [0.3, 0.4) is 0 Å². The first kappa shape index (κ1) is 14.4. The first-order valence-corrected chi connectivity index (χ1v) is 8.19. The van der Waals surface area contributed by atoms with Crippen molar-refractivity contribution >= 4 is 25.1 Å². The number of rotatable bonds is 4. The zero-order valence-corrected chi connectivity index (χ0v) is 13.4. The highest BCUT2D eigenvalue weighted by Gasteiger charge is 2.18. The molecule has 0 bridgehead atoms. The Morgan fingerprint density at radius 1 is 1.16 bits per heavy atom. The summed E-state index contributed by atoms with van der Waals surface area (Å²) in [6, 6.07) is 10.6. The van der Waals surface area contributed by atoms with Gasteiger partial charge in [-0.1, -0.05) is 39.0 Å². The van der Waals surface area contributed by atoms with Gasteiger partial charge in [0.2, 0.25) is 0 Å².